The van der Waals surface area contributed by atoms with Crippen LogP contribution in [0.1, 0.15) is 22.9 Å². The van der Waals surface area contributed by atoms with E-state index >= 15 is 0 Å². The Morgan fingerprint density at radius 2 is 1.97 bits per heavy atom. The smallest absolute Gasteiger partial charge is 0.226 e. The zero-order valence-electron chi connectivity index (χ0n) is 17.2. The summed E-state index contributed by atoms with van der Waals surface area (Å²) in [6.07, 6.45) is 1.11. The van der Waals surface area contributed by atoms with Crippen molar-refractivity contribution in [1.29, 1.82) is 0 Å². The number of nitrogens with zero attached hydrogens (tertiary/aromatic N) is 3. The highest BCUT2D eigenvalue weighted by molar-refractivity contribution is 7.09. The molecule has 0 saturated heterocycles. The Bertz CT molecular complexity index is 1170. The van der Waals surface area contributed by atoms with Crippen molar-refractivity contribution >= 4 is 39.9 Å². The van der Waals surface area contributed by atoms with Crippen LogP contribution in [0.2, 0.25) is 5.02 Å². The summed E-state index contributed by atoms with van der Waals surface area (Å²) >= 11 is 7.37. The summed E-state index contributed by atoms with van der Waals surface area (Å²) in [6, 6.07) is 15.3. The van der Waals surface area contributed by atoms with Gasteiger partial charge < -0.3 is 14.6 Å². The molecule has 1 N–H and O–H groups in total. The van der Waals surface area contributed by atoms with Crippen LogP contribution in [0.3, 0.4) is 0 Å². The number of aryl methyl sites for hydroxylation is 2. The Morgan fingerprint density at radius 1 is 1.16 bits per heavy atom. The van der Waals surface area contributed by atoms with E-state index in [1.807, 2.05) is 42.6 Å². The first kappa shape index (κ1) is 21.3. The van der Waals surface area contributed by atoms with Crippen molar-refractivity contribution in [1.82, 2.24) is 19.9 Å². The molecule has 0 aliphatic carbocycles. The van der Waals surface area contributed by atoms with E-state index in [1.54, 1.807) is 12.1 Å². The Morgan fingerprint density at radius 3 is 2.81 bits per heavy atom. The zero-order chi connectivity index (χ0) is 21.6. The molecule has 0 bridgehead atoms. The first-order valence-electron chi connectivity index (χ1n) is 10.1. The van der Waals surface area contributed by atoms with Gasteiger partial charge in [-0.15, -0.1) is 11.3 Å². The molecule has 0 saturated carbocycles. The molecule has 0 aliphatic heterocycles. The molecule has 0 radical (unpaired) electrons. The van der Waals surface area contributed by atoms with Crippen molar-refractivity contribution < 1.29 is 9.53 Å². The monoisotopic (exact) mass is 454 g/mol. The highest BCUT2D eigenvalue weighted by atomic mass is 35.5. The molecule has 6 nitrogen and oxygen atoms in total. The number of hydrogen-bond acceptors (Lipinski definition) is 5. The van der Waals surface area contributed by atoms with Crippen molar-refractivity contribution in [3.05, 3.63) is 75.5 Å². The molecule has 0 spiro atoms. The van der Waals surface area contributed by atoms with Gasteiger partial charge in [0.25, 0.3) is 0 Å². The van der Waals surface area contributed by atoms with Crippen LogP contribution < -0.4 is 10.1 Å². The summed E-state index contributed by atoms with van der Waals surface area (Å²) in [6.45, 7) is 3.80. The molecular formula is C23H23ClN4O2S. The maximum atomic E-state index is 12.3. The molecule has 2 heterocycles. The van der Waals surface area contributed by atoms with Gasteiger partial charge in [0, 0.05) is 23.5 Å². The number of amides is 1. The second-order valence-corrected chi connectivity index (χ2v) is 8.53. The van der Waals surface area contributed by atoms with Gasteiger partial charge in [0.15, 0.2) is 0 Å². The van der Waals surface area contributed by atoms with E-state index in [0.29, 0.717) is 18.2 Å². The molecule has 0 fully saturated rings. The minimum atomic E-state index is -0.0253. The minimum Gasteiger partial charge on any atom is -0.486 e. The highest BCUT2D eigenvalue weighted by Gasteiger charge is 2.09. The largest absolute Gasteiger partial charge is 0.486 e. The summed E-state index contributed by atoms with van der Waals surface area (Å²) in [4.78, 5) is 21.3. The number of halogens is 1. The second kappa shape index (κ2) is 9.94. The average Bonchev–Trinajstić information content (AvgIpc) is 3.34. The van der Waals surface area contributed by atoms with E-state index in [-0.39, 0.29) is 12.3 Å². The summed E-state index contributed by atoms with van der Waals surface area (Å²) in [5.74, 6) is 1.70. The topological polar surface area (TPSA) is 69.0 Å². The van der Waals surface area contributed by atoms with Gasteiger partial charge in [-0.05, 0) is 49.7 Å². The fraction of sp³-hybridized carbons (Fsp3) is 0.261. The molecule has 8 heteroatoms. The van der Waals surface area contributed by atoms with Gasteiger partial charge in [0.1, 0.15) is 23.2 Å². The van der Waals surface area contributed by atoms with Crippen LogP contribution >= 0.6 is 22.9 Å². The maximum absolute atomic E-state index is 12.3. The Balaban J connectivity index is 1.20. The molecular weight excluding hydrogens is 432 g/mol. The summed E-state index contributed by atoms with van der Waals surface area (Å²) in [7, 11) is 0. The van der Waals surface area contributed by atoms with E-state index in [4.69, 9.17) is 16.3 Å². The van der Waals surface area contributed by atoms with Crippen molar-refractivity contribution in [2.45, 2.75) is 32.9 Å². The lowest BCUT2D eigenvalue weighted by atomic mass is 10.3. The number of nitrogens with one attached hydrogen (secondary N) is 1. The lowest BCUT2D eigenvalue weighted by molar-refractivity contribution is -0.120. The molecule has 31 heavy (non-hydrogen) atoms. The number of carbonyl (C=O) groups excluding carboxylic acids is 1. The van der Waals surface area contributed by atoms with E-state index < -0.39 is 0 Å². The van der Waals surface area contributed by atoms with Crippen LogP contribution in [0.4, 0.5) is 0 Å². The van der Waals surface area contributed by atoms with E-state index in [9.17, 15) is 4.79 Å². The molecule has 2 aromatic heterocycles. The number of ether oxygens (including phenoxy) is 1. The van der Waals surface area contributed by atoms with E-state index in [1.165, 1.54) is 11.3 Å². The van der Waals surface area contributed by atoms with Gasteiger partial charge in [-0.2, -0.15) is 0 Å². The van der Waals surface area contributed by atoms with Crippen molar-refractivity contribution in [2.24, 2.45) is 0 Å². The van der Waals surface area contributed by atoms with Crippen LogP contribution in [-0.4, -0.2) is 27.0 Å². The van der Waals surface area contributed by atoms with Crippen LogP contribution in [0, 0.1) is 6.92 Å². The number of carbonyl (C=O) groups is 1. The SMILES string of the molecule is Cc1nc2ccccc2n1CCCNC(=O)Cc1csc(COc2ccc(Cl)cc2)n1. The van der Waals surface area contributed by atoms with Gasteiger partial charge in [0.05, 0.1) is 23.1 Å². The first-order chi connectivity index (χ1) is 15.1. The fourth-order valence-corrected chi connectivity index (χ4v) is 4.17. The predicted octanol–water partition coefficient (Wildman–Crippen LogP) is 4.78. The molecule has 0 unspecified atom stereocenters. The lowest BCUT2D eigenvalue weighted by Crippen LogP contribution is -2.27. The third-order valence-corrected chi connectivity index (χ3v) is 5.97. The molecule has 160 valence electrons. The lowest BCUT2D eigenvalue weighted by Gasteiger charge is -2.08. The first-order valence-corrected chi connectivity index (χ1v) is 11.3. The Labute approximate surface area is 189 Å². The normalized spacial score (nSPS) is 11.0. The number of aromatic nitrogens is 3. The predicted molar refractivity (Wildman–Crippen MR) is 124 cm³/mol. The van der Waals surface area contributed by atoms with Crippen molar-refractivity contribution in [3.8, 4) is 5.75 Å². The Hall–Kier alpha value is -2.90. The standard InChI is InChI=1S/C23H23ClN4O2S/c1-16-26-20-5-2-3-6-21(20)28(16)12-4-11-25-22(29)13-18-15-31-23(27-18)14-30-19-9-7-17(24)8-10-19/h2-3,5-10,15H,4,11-14H2,1H3,(H,25,29). The summed E-state index contributed by atoms with van der Waals surface area (Å²) in [5, 5.41) is 6.39. The molecule has 1 amide bonds. The number of para-hydroxylation sites is 2. The quantitative estimate of drug-likeness (QED) is 0.369. The third kappa shape index (κ3) is 5.62. The number of imidazole rings is 1. The fourth-order valence-electron chi connectivity index (χ4n) is 3.34. The summed E-state index contributed by atoms with van der Waals surface area (Å²) < 4.78 is 7.89. The highest BCUT2D eigenvalue weighted by Crippen LogP contribution is 2.19. The number of thiazole rings is 1. The van der Waals surface area contributed by atoms with E-state index in [0.717, 1.165) is 46.3 Å². The number of benzene rings is 2. The van der Waals surface area contributed by atoms with Crippen molar-refractivity contribution in [2.75, 3.05) is 6.54 Å². The molecule has 0 aliphatic rings. The molecule has 4 rings (SSSR count). The zero-order valence-corrected chi connectivity index (χ0v) is 18.7. The van der Waals surface area contributed by atoms with Crippen LogP contribution in [0.5, 0.6) is 5.75 Å². The van der Waals surface area contributed by atoms with E-state index in [2.05, 4.69) is 25.9 Å². The van der Waals surface area contributed by atoms with Gasteiger partial charge >= 0.3 is 0 Å². The molecule has 2 aromatic carbocycles. The van der Waals surface area contributed by atoms with Gasteiger partial charge in [0.2, 0.25) is 5.91 Å². The Kier molecular flexibility index (Phi) is 6.84. The van der Waals surface area contributed by atoms with Gasteiger partial charge in [-0.1, -0.05) is 23.7 Å². The third-order valence-electron chi connectivity index (χ3n) is 4.84. The number of hydrogen-bond donors (Lipinski definition) is 1. The molecule has 0 atom stereocenters. The van der Waals surface area contributed by atoms with Gasteiger partial charge in [-0.25, -0.2) is 9.97 Å². The number of fused-ring (bicyclic) bond motifs is 1. The van der Waals surface area contributed by atoms with Crippen LogP contribution in [-0.2, 0) is 24.4 Å². The maximum Gasteiger partial charge on any atom is 0.226 e. The molecule has 4 aromatic rings. The number of rotatable bonds is 9. The van der Waals surface area contributed by atoms with Crippen LogP contribution in [0.25, 0.3) is 11.0 Å². The van der Waals surface area contributed by atoms with Crippen molar-refractivity contribution in [3.63, 3.8) is 0 Å². The van der Waals surface area contributed by atoms with Crippen LogP contribution in [0.15, 0.2) is 53.9 Å². The van der Waals surface area contributed by atoms with Gasteiger partial charge in [-0.3, -0.25) is 4.79 Å². The summed E-state index contributed by atoms with van der Waals surface area (Å²) in [5.41, 5.74) is 2.89. The second-order valence-electron chi connectivity index (χ2n) is 7.15. The minimum absolute atomic E-state index is 0.0253. The average molecular weight is 455 g/mol.